The Morgan fingerprint density at radius 1 is 1.24 bits per heavy atom. The van der Waals surface area contributed by atoms with Gasteiger partial charge < -0.3 is 10.1 Å². The molecule has 108 valence electrons. The number of aryl methyl sites for hydroxylation is 1. The fourth-order valence-electron chi connectivity index (χ4n) is 3.24. The number of fused-ring (bicyclic) bond motifs is 2. The van der Waals surface area contributed by atoms with E-state index >= 15 is 0 Å². The van der Waals surface area contributed by atoms with Crippen LogP contribution in [0.1, 0.15) is 47.6 Å². The first-order chi connectivity index (χ1) is 10.4. The minimum Gasteiger partial charge on any atom is -0.492 e. The lowest BCUT2D eigenvalue weighted by molar-refractivity contribution is 0.339. The Labute approximate surface area is 124 Å². The van der Waals surface area contributed by atoms with Gasteiger partial charge in [0.25, 0.3) is 0 Å². The van der Waals surface area contributed by atoms with Gasteiger partial charge in [-0.25, -0.2) is 9.97 Å². The molecule has 0 spiro atoms. The maximum absolute atomic E-state index is 5.79. The SMILES string of the molecule is CCCc1nc(C2COc3ccccc32)nc2c1CNC2. The zero-order valence-electron chi connectivity index (χ0n) is 12.2. The fraction of sp³-hybridized carbons (Fsp3) is 0.412. The predicted octanol–water partition coefficient (Wildman–Crippen LogP) is 2.56. The van der Waals surface area contributed by atoms with Crippen LogP contribution in [0.15, 0.2) is 24.3 Å². The summed E-state index contributed by atoms with van der Waals surface area (Å²) in [4.78, 5) is 9.71. The fourth-order valence-corrected chi connectivity index (χ4v) is 3.24. The van der Waals surface area contributed by atoms with Gasteiger partial charge in [-0.1, -0.05) is 31.5 Å². The van der Waals surface area contributed by atoms with E-state index in [9.17, 15) is 0 Å². The largest absolute Gasteiger partial charge is 0.492 e. The topological polar surface area (TPSA) is 47.0 Å². The monoisotopic (exact) mass is 281 g/mol. The molecular formula is C17H19N3O. The molecule has 1 aromatic carbocycles. The molecule has 1 aromatic heterocycles. The van der Waals surface area contributed by atoms with Crippen molar-refractivity contribution in [2.24, 2.45) is 0 Å². The van der Waals surface area contributed by atoms with E-state index in [-0.39, 0.29) is 5.92 Å². The molecule has 1 N–H and O–H groups in total. The molecular weight excluding hydrogens is 262 g/mol. The molecule has 2 aliphatic rings. The van der Waals surface area contributed by atoms with Crippen LogP contribution >= 0.6 is 0 Å². The number of rotatable bonds is 3. The van der Waals surface area contributed by atoms with Crippen molar-refractivity contribution in [1.82, 2.24) is 15.3 Å². The van der Waals surface area contributed by atoms with Crippen molar-refractivity contribution in [2.75, 3.05) is 6.61 Å². The first-order valence-corrected chi connectivity index (χ1v) is 7.68. The van der Waals surface area contributed by atoms with E-state index in [0.29, 0.717) is 6.61 Å². The summed E-state index contributed by atoms with van der Waals surface area (Å²) in [7, 11) is 0. The quantitative estimate of drug-likeness (QED) is 0.939. The Kier molecular flexibility index (Phi) is 3.11. The molecule has 1 atom stereocenters. The van der Waals surface area contributed by atoms with Crippen molar-refractivity contribution < 1.29 is 4.74 Å². The highest BCUT2D eigenvalue weighted by Crippen LogP contribution is 2.37. The second kappa shape index (κ2) is 5.11. The number of nitrogens with one attached hydrogen (secondary N) is 1. The van der Waals surface area contributed by atoms with Crippen LogP contribution in [0.3, 0.4) is 0 Å². The molecule has 0 amide bonds. The third-order valence-electron chi connectivity index (χ3n) is 4.29. The third-order valence-corrected chi connectivity index (χ3v) is 4.29. The minimum atomic E-state index is 0.169. The molecule has 0 fully saturated rings. The van der Waals surface area contributed by atoms with E-state index in [0.717, 1.165) is 37.5 Å². The second-order valence-electron chi connectivity index (χ2n) is 5.71. The number of hydrogen-bond acceptors (Lipinski definition) is 4. The Bertz CT molecular complexity index is 684. The van der Waals surface area contributed by atoms with Crippen LogP contribution in [0.5, 0.6) is 5.75 Å². The lowest BCUT2D eigenvalue weighted by Crippen LogP contribution is -2.12. The lowest BCUT2D eigenvalue weighted by atomic mass is 9.99. The highest BCUT2D eigenvalue weighted by Gasteiger charge is 2.29. The molecule has 2 aliphatic heterocycles. The van der Waals surface area contributed by atoms with Gasteiger partial charge in [-0.3, -0.25) is 0 Å². The molecule has 0 saturated carbocycles. The summed E-state index contributed by atoms with van der Waals surface area (Å²) in [5, 5.41) is 3.39. The maximum atomic E-state index is 5.79. The van der Waals surface area contributed by atoms with Crippen molar-refractivity contribution in [3.63, 3.8) is 0 Å². The number of aromatic nitrogens is 2. The molecule has 3 heterocycles. The van der Waals surface area contributed by atoms with Crippen molar-refractivity contribution in [1.29, 1.82) is 0 Å². The Morgan fingerprint density at radius 2 is 2.14 bits per heavy atom. The zero-order valence-corrected chi connectivity index (χ0v) is 12.2. The first kappa shape index (κ1) is 12.8. The maximum Gasteiger partial charge on any atom is 0.139 e. The Balaban J connectivity index is 1.78. The van der Waals surface area contributed by atoms with Crippen LogP contribution < -0.4 is 10.1 Å². The van der Waals surface area contributed by atoms with Crippen LogP contribution in [-0.2, 0) is 19.5 Å². The van der Waals surface area contributed by atoms with Crippen molar-refractivity contribution in [3.05, 3.63) is 52.6 Å². The molecule has 0 bridgehead atoms. The van der Waals surface area contributed by atoms with Gasteiger partial charge in [0.15, 0.2) is 0 Å². The van der Waals surface area contributed by atoms with Gasteiger partial charge in [0.2, 0.25) is 0 Å². The molecule has 21 heavy (non-hydrogen) atoms. The standard InChI is InChI=1S/C17H19N3O/c1-2-5-14-12-8-18-9-15(12)20-17(19-14)13-10-21-16-7-4-3-6-11(13)16/h3-4,6-7,13,18H,2,5,8-10H2,1H3. The smallest absolute Gasteiger partial charge is 0.139 e. The van der Waals surface area contributed by atoms with E-state index in [1.807, 2.05) is 12.1 Å². The van der Waals surface area contributed by atoms with Crippen LogP contribution in [0.4, 0.5) is 0 Å². The molecule has 0 saturated heterocycles. The summed E-state index contributed by atoms with van der Waals surface area (Å²) in [6, 6.07) is 8.22. The van der Waals surface area contributed by atoms with E-state index in [1.54, 1.807) is 0 Å². The lowest BCUT2D eigenvalue weighted by Gasteiger charge is -2.12. The summed E-state index contributed by atoms with van der Waals surface area (Å²) in [6.45, 7) is 4.61. The second-order valence-corrected chi connectivity index (χ2v) is 5.71. The summed E-state index contributed by atoms with van der Waals surface area (Å²) in [5.41, 5.74) is 4.92. The van der Waals surface area contributed by atoms with Crippen LogP contribution in [0.25, 0.3) is 0 Å². The third kappa shape index (κ3) is 2.10. The number of hydrogen-bond donors (Lipinski definition) is 1. The van der Waals surface area contributed by atoms with Crippen molar-refractivity contribution >= 4 is 0 Å². The molecule has 0 radical (unpaired) electrons. The van der Waals surface area contributed by atoms with E-state index in [1.165, 1.54) is 22.5 Å². The average molecular weight is 281 g/mol. The van der Waals surface area contributed by atoms with E-state index < -0.39 is 0 Å². The number of ether oxygens (including phenoxy) is 1. The van der Waals surface area contributed by atoms with Crippen molar-refractivity contribution in [2.45, 2.75) is 38.8 Å². The number of nitrogens with zero attached hydrogens (tertiary/aromatic N) is 2. The van der Waals surface area contributed by atoms with Crippen LogP contribution in [0, 0.1) is 0 Å². The van der Waals surface area contributed by atoms with E-state index in [2.05, 4.69) is 24.4 Å². The van der Waals surface area contributed by atoms with Gasteiger partial charge in [0.05, 0.1) is 11.6 Å². The molecule has 4 rings (SSSR count). The van der Waals surface area contributed by atoms with Crippen LogP contribution in [0.2, 0.25) is 0 Å². The van der Waals surface area contributed by atoms with Gasteiger partial charge >= 0.3 is 0 Å². The van der Waals surface area contributed by atoms with Gasteiger partial charge in [-0.15, -0.1) is 0 Å². The van der Waals surface area contributed by atoms with Gasteiger partial charge in [0.1, 0.15) is 18.2 Å². The zero-order chi connectivity index (χ0) is 14.2. The Morgan fingerprint density at radius 3 is 3.05 bits per heavy atom. The summed E-state index contributed by atoms with van der Waals surface area (Å²) < 4.78 is 5.79. The minimum absolute atomic E-state index is 0.169. The number of para-hydroxylation sites is 1. The summed E-state index contributed by atoms with van der Waals surface area (Å²) in [6.07, 6.45) is 2.13. The molecule has 0 aliphatic carbocycles. The highest BCUT2D eigenvalue weighted by molar-refractivity contribution is 5.43. The van der Waals surface area contributed by atoms with Crippen LogP contribution in [-0.4, -0.2) is 16.6 Å². The highest BCUT2D eigenvalue weighted by atomic mass is 16.5. The average Bonchev–Trinajstić information content (AvgIpc) is 3.13. The molecule has 4 nitrogen and oxygen atoms in total. The van der Waals surface area contributed by atoms with Crippen molar-refractivity contribution in [3.8, 4) is 5.75 Å². The number of benzene rings is 1. The molecule has 2 aromatic rings. The summed E-state index contributed by atoms with van der Waals surface area (Å²) >= 11 is 0. The molecule has 1 unspecified atom stereocenters. The molecule has 4 heteroatoms. The predicted molar refractivity (Wildman–Crippen MR) is 80.4 cm³/mol. The first-order valence-electron chi connectivity index (χ1n) is 7.68. The van der Waals surface area contributed by atoms with Gasteiger partial charge in [-0.2, -0.15) is 0 Å². The summed E-state index contributed by atoms with van der Waals surface area (Å²) in [5.74, 6) is 2.07. The van der Waals surface area contributed by atoms with E-state index in [4.69, 9.17) is 14.7 Å². The Hall–Kier alpha value is -1.94. The van der Waals surface area contributed by atoms with Gasteiger partial charge in [-0.05, 0) is 12.5 Å². The van der Waals surface area contributed by atoms with Gasteiger partial charge in [0, 0.05) is 29.9 Å². The normalized spacial score (nSPS) is 19.2.